The maximum atomic E-state index is 13.6. The molecular formula is C30H34N4O2S4. The van der Waals surface area contributed by atoms with Gasteiger partial charge in [-0.15, -0.1) is 23.5 Å². The van der Waals surface area contributed by atoms with Gasteiger partial charge in [0.15, 0.2) is 0 Å². The molecule has 2 heterocycles. The molecule has 0 bridgehead atoms. The van der Waals surface area contributed by atoms with Crippen LogP contribution >= 0.6 is 45.1 Å². The molecule has 10 heteroatoms. The third kappa shape index (κ3) is 7.26. The van der Waals surface area contributed by atoms with E-state index in [0.29, 0.717) is 22.6 Å². The van der Waals surface area contributed by atoms with Crippen LogP contribution in [0.15, 0.2) is 90.5 Å². The highest BCUT2D eigenvalue weighted by molar-refractivity contribution is 8.83. The number of hydrogen-bond donors (Lipinski definition) is 0. The molecule has 6 nitrogen and oxygen atoms in total. The number of para-hydroxylation sites is 2. The number of hydrazone groups is 2. The first-order valence-electron chi connectivity index (χ1n) is 13.4. The summed E-state index contributed by atoms with van der Waals surface area (Å²) < 4.78 is 1.86. The number of hydrogen-bond acceptors (Lipinski definition) is 8. The number of carbonyl (C=O) groups is 2. The molecule has 2 aromatic carbocycles. The third-order valence-corrected chi connectivity index (χ3v) is 11.9. The molecule has 0 aromatic heterocycles. The highest BCUT2D eigenvalue weighted by Crippen LogP contribution is 2.50. The zero-order chi connectivity index (χ0) is 28.5. The molecule has 0 atom stereocenters. The Morgan fingerprint density at radius 2 is 1.02 bits per heavy atom. The first-order valence-corrected chi connectivity index (χ1v) is 17.6. The van der Waals surface area contributed by atoms with Crippen LogP contribution < -0.4 is 10.0 Å². The summed E-state index contributed by atoms with van der Waals surface area (Å²) in [6.07, 6.45) is 4.25. The van der Waals surface area contributed by atoms with E-state index in [1.807, 2.05) is 74.5 Å². The lowest BCUT2D eigenvalue weighted by atomic mass is 10.2. The lowest BCUT2D eigenvalue weighted by molar-refractivity contribution is -0.115. The van der Waals surface area contributed by atoms with Gasteiger partial charge in [0.25, 0.3) is 11.8 Å². The summed E-state index contributed by atoms with van der Waals surface area (Å²) in [6.45, 7) is 8.12. The Labute approximate surface area is 253 Å². The Kier molecular flexibility index (Phi) is 11.5. The lowest BCUT2D eigenvalue weighted by Crippen LogP contribution is -2.22. The van der Waals surface area contributed by atoms with Crippen LogP contribution in [0.25, 0.3) is 0 Å². The molecule has 2 aromatic rings. The smallest absolute Gasteiger partial charge is 0.267 e. The van der Waals surface area contributed by atoms with Gasteiger partial charge in [-0.2, -0.15) is 20.2 Å². The average molecular weight is 611 g/mol. The van der Waals surface area contributed by atoms with Crippen molar-refractivity contribution in [3.05, 3.63) is 80.3 Å². The van der Waals surface area contributed by atoms with Crippen molar-refractivity contribution in [3.8, 4) is 0 Å². The Bertz CT molecular complexity index is 1240. The molecule has 40 heavy (non-hydrogen) atoms. The maximum Gasteiger partial charge on any atom is 0.282 e. The standard InChI is InChI=1S/C30H34N4O2S4/c1-5-7-19-37-29(25-21(3)31-33(27(25)35)23-15-11-9-12-16-23)39-40-30(38-20-8-6-2)26-22(4)32-34(28(26)36)24-17-13-10-14-18-24/h9-18H,5-8,19-20H2,1-4H3/b29-25-,30-26-. The molecule has 0 radical (unpaired) electrons. The van der Waals surface area contributed by atoms with Crippen LogP contribution in [0.4, 0.5) is 11.4 Å². The summed E-state index contributed by atoms with van der Waals surface area (Å²) >= 11 is 3.39. The van der Waals surface area contributed by atoms with E-state index in [-0.39, 0.29) is 11.8 Å². The van der Waals surface area contributed by atoms with Crippen molar-refractivity contribution in [1.82, 2.24) is 0 Å². The van der Waals surface area contributed by atoms with Crippen molar-refractivity contribution in [1.29, 1.82) is 0 Å². The number of rotatable bonds is 13. The van der Waals surface area contributed by atoms with Crippen molar-refractivity contribution >= 4 is 79.7 Å². The molecule has 0 saturated heterocycles. The largest absolute Gasteiger partial charge is 0.282 e. The molecule has 4 rings (SSSR count). The van der Waals surface area contributed by atoms with Crippen LogP contribution in [0.2, 0.25) is 0 Å². The quantitative estimate of drug-likeness (QED) is 0.128. The molecule has 0 aliphatic carbocycles. The Balaban J connectivity index is 1.65. The number of unbranched alkanes of at least 4 members (excludes halogenated alkanes) is 2. The van der Waals surface area contributed by atoms with Crippen LogP contribution in [0.3, 0.4) is 0 Å². The molecule has 2 aliphatic heterocycles. The molecule has 0 unspecified atom stereocenters. The molecule has 0 fully saturated rings. The van der Waals surface area contributed by atoms with Gasteiger partial charge in [-0.05, 0) is 84.0 Å². The lowest BCUT2D eigenvalue weighted by Gasteiger charge is -2.15. The van der Waals surface area contributed by atoms with E-state index in [1.165, 1.54) is 10.0 Å². The Hall–Kier alpha value is -2.40. The minimum atomic E-state index is -0.117. The predicted octanol–water partition coefficient (Wildman–Crippen LogP) is 8.70. The van der Waals surface area contributed by atoms with Gasteiger partial charge in [-0.25, -0.2) is 0 Å². The van der Waals surface area contributed by atoms with Crippen LogP contribution in [0.1, 0.15) is 53.4 Å². The van der Waals surface area contributed by atoms with E-state index in [4.69, 9.17) is 0 Å². The van der Waals surface area contributed by atoms with E-state index in [1.54, 1.807) is 45.1 Å². The van der Waals surface area contributed by atoms with Crippen molar-refractivity contribution in [2.75, 3.05) is 21.5 Å². The summed E-state index contributed by atoms with van der Waals surface area (Å²) in [7, 11) is 3.11. The number of amides is 2. The van der Waals surface area contributed by atoms with E-state index in [2.05, 4.69) is 24.1 Å². The van der Waals surface area contributed by atoms with Crippen molar-refractivity contribution in [2.45, 2.75) is 53.4 Å². The summed E-state index contributed by atoms with van der Waals surface area (Å²) in [5.74, 6) is 1.58. The Morgan fingerprint density at radius 1 is 0.650 bits per heavy atom. The monoisotopic (exact) mass is 610 g/mol. The topological polar surface area (TPSA) is 65.3 Å². The zero-order valence-electron chi connectivity index (χ0n) is 23.3. The number of anilines is 2. The van der Waals surface area contributed by atoms with Crippen molar-refractivity contribution < 1.29 is 9.59 Å². The van der Waals surface area contributed by atoms with Gasteiger partial charge in [-0.1, -0.05) is 63.1 Å². The summed E-state index contributed by atoms with van der Waals surface area (Å²) in [5, 5.41) is 12.2. The number of thioether (sulfide) groups is 2. The second kappa shape index (κ2) is 15.0. The summed E-state index contributed by atoms with van der Waals surface area (Å²) in [4.78, 5) is 27.3. The molecule has 210 valence electrons. The van der Waals surface area contributed by atoms with E-state index < -0.39 is 0 Å². The van der Waals surface area contributed by atoms with Gasteiger partial charge >= 0.3 is 0 Å². The van der Waals surface area contributed by atoms with E-state index in [9.17, 15) is 9.59 Å². The normalized spacial score (nSPS) is 17.9. The average Bonchev–Trinajstić information content (AvgIpc) is 3.44. The van der Waals surface area contributed by atoms with E-state index >= 15 is 0 Å². The van der Waals surface area contributed by atoms with Gasteiger partial charge in [0.2, 0.25) is 0 Å². The van der Waals surface area contributed by atoms with Crippen LogP contribution in [0, 0.1) is 0 Å². The van der Waals surface area contributed by atoms with Gasteiger partial charge in [0.1, 0.15) is 0 Å². The Morgan fingerprint density at radius 3 is 1.38 bits per heavy atom. The van der Waals surface area contributed by atoms with Gasteiger partial charge in [0.05, 0.1) is 42.4 Å². The molecule has 0 spiro atoms. The zero-order valence-corrected chi connectivity index (χ0v) is 26.5. The second-order valence-corrected chi connectivity index (χ2v) is 14.0. The fraction of sp³-hybridized carbons (Fsp3) is 0.333. The number of benzene rings is 2. The molecule has 2 amide bonds. The van der Waals surface area contributed by atoms with Crippen LogP contribution in [0.5, 0.6) is 0 Å². The van der Waals surface area contributed by atoms with Crippen LogP contribution in [-0.4, -0.2) is 34.7 Å². The van der Waals surface area contributed by atoms with Crippen molar-refractivity contribution in [2.24, 2.45) is 10.2 Å². The minimum absolute atomic E-state index is 0.117. The number of nitrogens with zero attached hydrogens (tertiary/aromatic N) is 4. The minimum Gasteiger partial charge on any atom is -0.267 e. The van der Waals surface area contributed by atoms with Gasteiger partial charge < -0.3 is 0 Å². The molecule has 0 N–H and O–H groups in total. The second-order valence-electron chi connectivity index (χ2n) is 9.17. The SMILES string of the molecule is CCCCS/C(SS/C(SCCCC)=C1\C(=O)N(c2ccccc2)N=C1C)=C1/C(=O)N(c2ccccc2)N=C1C. The fourth-order valence-electron chi connectivity index (χ4n) is 3.94. The highest BCUT2D eigenvalue weighted by atomic mass is 33.1. The maximum absolute atomic E-state index is 13.6. The first kappa shape index (κ1) is 30.6. The van der Waals surface area contributed by atoms with Gasteiger partial charge in [-0.3, -0.25) is 9.59 Å². The summed E-state index contributed by atoms with van der Waals surface area (Å²) in [5.41, 5.74) is 4.19. The van der Waals surface area contributed by atoms with Crippen molar-refractivity contribution in [3.63, 3.8) is 0 Å². The highest BCUT2D eigenvalue weighted by Gasteiger charge is 2.34. The number of carbonyl (C=O) groups excluding carboxylic acids is 2. The molecule has 2 aliphatic rings. The molecular weight excluding hydrogens is 577 g/mol. The first-order chi connectivity index (χ1) is 19.5. The molecule has 0 saturated carbocycles. The van der Waals surface area contributed by atoms with Gasteiger partial charge in [0, 0.05) is 0 Å². The fourth-order valence-corrected chi connectivity index (χ4v) is 10.0. The predicted molar refractivity (Wildman–Crippen MR) is 178 cm³/mol. The third-order valence-electron chi connectivity index (χ3n) is 6.10. The van der Waals surface area contributed by atoms with E-state index in [0.717, 1.165) is 57.0 Å². The van der Waals surface area contributed by atoms with Crippen LogP contribution in [-0.2, 0) is 9.59 Å². The summed E-state index contributed by atoms with van der Waals surface area (Å²) in [6, 6.07) is 19.0.